The summed E-state index contributed by atoms with van der Waals surface area (Å²) in [5.41, 5.74) is 0.205. The first-order valence-electron chi connectivity index (χ1n) is 9.09. The van der Waals surface area contributed by atoms with Gasteiger partial charge in [0.05, 0.1) is 11.6 Å². The van der Waals surface area contributed by atoms with Crippen molar-refractivity contribution in [2.45, 2.75) is 40.2 Å². The van der Waals surface area contributed by atoms with Crippen molar-refractivity contribution in [2.24, 2.45) is 10.9 Å². The van der Waals surface area contributed by atoms with Gasteiger partial charge in [0, 0.05) is 29.2 Å². The van der Waals surface area contributed by atoms with E-state index < -0.39 is 12.5 Å². The van der Waals surface area contributed by atoms with Gasteiger partial charge in [-0.25, -0.2) is 0 Å². The maximum atomic E-state index is 12.5. The molecule has 0 aromatic heterocycles. The number of carbonyl (C=O) groups is 1. The van der Waals surface area contributed by atoms with Crippen LogP contribution in [-0.2, 0) is 0 Å². The van der Waals surface area contributed by atoms with E-state index in [-0.39, 0.29) is 22.1 Å². The van der Waals surface area contributed by atoms with E-state index in [1.807, 2.05) is 13.8 Å². The Hall–Kier alpha value is -2.12. The molecule has 0 aliphatic heterocycles. The number of amides is 1. The molecule has 1 aliphatic rings. The lowest BCUT2D eigenvalue weighted by Crippen LogP contribution is -2.18. The van der Waals surface area contributed by atoms with Crippen molar-refractivity contribution < 1.29 is 23.0 Å². The number of hydrogen-bond acceptors (Lipinski definition) is 4. The molecule has 0 saturated heterocycles. The van der Waals surface area contributed by atoms with Crippen molar-refractivity contribution in [3.05, 3.63) is 46.2 Å². The van der Waals surface area contributed by atoms with Gasteiger partial charge in [-0.1, -0.05) is 37.0 Å². The van der Waals surface area contributed by atoms with Gasteiger partial charge in [0.1, 0.15) is 0 Å². The van der Waals surface area contributed by atoms with Crippen LogP contribution in [0.2, 0.25) is 0 Å². The van der Waals surface area contributed by atoms with Gasteiger partial charge in [-0.15, -0.1) is 0 Å². The van der Waals surface area contributed by atoms with Crippen molar-refractivity contribution in [3.63, 3.8) is 0 Å². The highest BCUT2D eigenvalue weighted by Crippen LogP contribution is 2.34. The Bertz CT molecular complexity index is 760. The minimum Gasteiger partial charge on any atom is -0.489 e. The topological polar surface area (TPSA) is 59.9 Å². The molecule has 29 heavy (non-hydrogen) atoms. The average molecular weight is 449 g/mol. The summed E-state index contributed by atoms with van der Waals surface area (Å²) in [6.45, 7) is 3.06. The van der Waals surface area contributed by atoms with Crippen LogP contribution in [0, 0.1) is 5.92 Å². The van der Waals surface area contributed by atoms with E-state index >= 15 is 0 Å². The van der Waals surface area contributed by atoms with Gasteiger partial charge in [-0.3, -0.25) is 9.79 Å². The second-order valence-electron chi connectivity index (χ2n) is 5.79. The van der Waals surface area contributed by atoms with Gasteiger partial charge in [-0.05, 0) is 43.9 Å². The zero-order valence-corrected chi connectivity index (χ0v) is 17.9. The highest BCUT2D eigenvalue weighted by Gasteiger charge is 2.23. The van der Waals surface area contributed by atoms with Gasteiger partial charge in [-0.2, -0.15) is 8.78 Å². The number of halogens is 4. The molecule has 0 atom stereocenters. The molecule has 5 nitrogen and oxygen atoms in total. The van der Waals surface area contributed by atoms with Crippen LogP contribution in [0.15, 0.2) is 45.7 Å². The summed E-state index contributed by atoms with van der Waals surface area (Å²) in [6, 6.07) is 3.97. The van der Waals surface area contributed by atoms with E-state index in [2.05, 4.69) is 15.0 Å². The van der Waals surface area contributed by atoms with Crippen LogP contribution in [0.3, 0.4) is 0 Å². The first kappa shape index (κ1) is 24.9. The summed E-state index contributed by atoms with van der Waals surface area (Å²) in [5, 5.41) is 3.12. The fraction of sp³-hybridized carbons (Fsp3) is 0.400. The third-order valence-corrected chi connectivity index (χ3v) is 3.69. The summed E-state index contributed by atoms with van der Waals surface area (Å²) >= 11 is 11.5. The van der Waals surface area contributed by atoms with E-state index in [4.69, 9.17) is 27.9 Å². The van der Waals surface area contributed by atoms with Crippen LogP contribution in [0.25, 0.3) is 0 Å². The molecule has 2 rings (SSSR count). The van der Waals surface area contributed by atoms with Crippen LogP contribution < -0.4 is 14.8 Å². The summed E-state index contributed by atoms with van der Waals surface area (Å²) in [4.78, 5) is 16.1. The number of allylic oxidation sites excluding steroid dienone is 2. The quantitative estimate of drug-likeness (QED) is 0.465. The molecule has 160 valence electrons. The fourth-order valence-electron chi connectivity index (χ4n) is 1.91. The van der Waals surface area contributed by atoms with Crippen LogP contribution >= 0.6 is 23.2 Å². The molecule has 9 heteroatoms. The maximum Gasteiger partial charge on any atom is 0.387 e. The third-order valence-electron chi connectivity index (χ3n) is 3.38. The van der Waals surface area contributed by atoms with Gasteiger partial charge in [0.15, 0.2) is 11.5 Å². The highest BCUT2D eigenvalue weighted by molar-refractivity contribution is 6.39. The summed E-state index contributed by atoms with van der Waals surface area (Å²) in [6.07, 6.45) is 6.02. The lowest BCUT2D eigenvalue weighted by Gasteiger charge is -2.13. The van der Waals surface area contributed by atoms with Gasteiger partial charge in [0.2, 0.25) is 0 Å². The lowest BCUT2D eigenvalue weighted by atomic mass is 10.2. The van der Waals surface area contributed by atoms with Crippen LogP contribution in [-0.4, -0.2) is 25.3 Å². The molecular formula is C20H24Cl2F2N2O3. The zero-order valence-electron chi connectivity index (χ0n) is 16.4. The Morgan fingerprint density at radius 1 is 1.31 bits per heavy atom. The number of rotatable bonds is 9. The third kappa shape index (κ3) is 10.3. The van der Waals surface area contributed by atoms with Crippen molar-refractivity contribution >= 4 is 35.3 Å². The standard InChI is InChI=1S/C18H18Cl2F2N2O3.C2H6/c1-11(19)7-23-8-14(20)9-24-17(25)13-4-5-15(27-18(21)22)16(6-13)26-10-12-2-3-12;1-2/h4-9,12,18H,2-3,10H2,1H3,(H,24,25);1-2H3/b11-7+,14-9-,23-8-;. The monoisotopic (exact) mass is 448 g/mol. The molecule has 1 saturated carbocycles. The molecule has 1 amide bonds. The van der Waals surface area contributed by atoms with Crippen molar-refractivity contribution in [1.29, 1.82) is 0 Å². The normalized spacial score (nSPS) is 14.5. The number of aliphatic imine (C=N–C) groups is 1. The molecule has 0 heterocycles. The minimum atomic E-state index is -2.99. The Labute approximate surface area is 179 Å². The second kappa shape index (κ2) is 13.2. The number of alkyl halides is 2. The Balaban J connectivity index is 0.00000204. The number of carbonyl (C=O) groups excluding carboxylic acids is 1. The van der Waals surface area contributed by atoms with Crippen molar-refractivity contribution in [1.82, 2.24) is 5.32 Å². The molecule has 0 spiro atoms. The van der Waals surface area contributed by atoms with Gasteiger partial charge >= 0.3 is 6.61 Å². The molecule has 1 aromatic carbocycles. The van der Waals surface area contributed by atoms with Crippen LogP contribution in [0.1, 0.15) is 44.0 Å². The van der Waals surface area contributed by atoms with E-state index in [1.165, 1.54) is 36.8 Å². The predicted molar refractivity (Wildman–Crippen MR) is 112 cm³/mol. The molecule has 0 radical (unpaired) electrons. The molecular weight excluding hydrogens is 425 g/mol. The molecule has 1 fully saturated rings. The summed E-state index contributed by atoms with van der Waals surface area (Å²) in [7, 11) is 0. The van der Waals surface area contributed by atoms with Crippen molar-refractivity contribution in [2.75, 3.05) is 6.61 Å². The largest absolute Gasteiger partial charge is 0.489 e. The first-order chi connectivity index (χ1) is 13.8. The van der Waals surface area contributed by atoms with E-state index in [0.717, 1.165) is 12.8 Å². The number of nitrogens with one attached hydrogen (secondary N) is 1. The summed E-state index contributed by atoms with van der Waals surface area (Å²) in [5.74, 6) is -0.112. The molecule has 1 aromatic rings. The average Bonchev–Trinajstić information content (AvgIpc) is 3.50. The number of nitrogens with zero attached hydrogens (tertiary/aromatic N) is 1. The molecule has 0 bridgehead atoms. The Morgan fingerprint density at radius 2 is 2.00 bits per heavy atom. The zero-order chi connectivity index (χ0) is 21.8. The predicted octanol–water partition coefficient (Wildman–Crippen LogP) is 6.08. The van der Waals surface area contributed by atoms with Crippen LogP contribution in [0.5, 0.6) is 11.5 Å². The molecule has 0 unspecified atom stereocenters. The maximum absolute atomic E-state index is 12.5. The SMILES string of the molecule is CC.C\C(Cl)=C/N=C\C(Cl)=C\NC(=O)c1ccc(OC(F)F)c(OCC2CC2)c1. The highest BCUT2D eigenvalue weighted by atomic mass is 35.5. The number of ether oxygens (including phenoxy) is 2. The summed E-state index contributed by atoms with van der Waals surface area (Å²) < 4.78 is 35.0. The van der Waals surface area contributed by atoms with E-state index in [1.54, 1.807) is 6.92 Å². The first-order valence-corrected chi connectivity index (χ1v) is 9.84. The molecule has 1 N–H and O–H groups in total. The Kier molecular flexibility index (Phi) is 11.3. The van der Waals surface area contributed by atoms with E-state index in [9.17, 15) is 13.6 Å². The van der Waals surface area contributed by atoms with Gasteiger partial charge in [0.25, 0.3) is 5.91 Å². The lowest BCUT2D eigenvalue weighted by molar-refractivity contribution is -0.0515. The van der Waals surface area contributed by atoms with Crippen LogP contribution in [0.4, 0.5) is 8.78 Å². The molecule has 1 aliphatic carbocycles. The minimum absolute atomic E-state index is 0.0919. The smallest absolute Gasteiger partial charge is 0.387 e. The second-order valence-corrected chi connectivity index (χ2v) is 6.82. The fourth-order valence-corrected chi connectivity index (χ4v) is 2.08. The number of benzene rings is 1. The van der Waals surface area contributed by atoms with Gasteiger partial charge < -0.3 is 14.8 Å². The van der Waals surface area contributed by atoms with Crippen molar-refractivity contribution in [3.8, 4) is 11.5 Å². The van der Waals surface area contributed by atoms with E-state index in [0.29, 0.717) is 17.6 Å². The Morgan fingerprint density at radius 3 is 2.59 bits per heavy atom. The number of hydrogen-bond donors (Lipinski definition) is 1.